The van der Waals surface area contributed by atoms with Crippen LogP contribution in [0.15, 0.2) is 24.3 Å². The van der Waals surface area contributed by atoms with E-state index in [0.717, 1.165) is 0 Å². The highest BCUT2D eigenvalue weighted by molar-refractivity contribution is 5.02. The standard InChI is InChI=1S/C17H33N/c1-2-3-4-5-6-7-8-9-10-11-12-13-14-15-16-17-18/h13-16H,2-12,17-18H2,1H3/b14-13+,16-15+. The lowest BCUT2D eigenvalue weighted by Crippen LogP contribution is -1.91. The van der Waals surface area contributed by atoms with Crippen LogP contribution in [0.2, 0.25) is 0 Å². The third-order valence-corrected chi connectivity index (χ3v) is 3.24. The van der Waals surface area contributed by atoms with E-state index in [-0.39, 0.29) is 0 Å². The van der Waals surface area contributed by atoms with E-state index in [4.69, 9.17) is 5.73 Å². The number of rotatable bonds is 13. The van der Waals surface area contributed by atoms with Gasteiger partial charge in [-0.1, -0.05) is 89.0 Å². The minimum absolute atomic E-state index is 0.641. The third-order valence-electron chi connectivity index (χ3n) is 3.24. The van der Waals surface area contributed by atoms with Crippen molar-refractivity contribution in [3.63, 3.8) is 0 Å². The Bertz CT molecular complexity index is 194. The number of hydrogen-bond donors (Lipinski definition) is 1. The summed E-state index contributed by atoms with van der Waals surface area (Å²) in [6.07, 6.45) is 23.7. The number of hydrogen-bond acceptors (Lipinski definition) is 1. The van der Waals surface area contributed by atoms with Gasteiger partial charge in [0.1, 0.15) is 0 Å². The van der Waals surface area contributed by atoms with Gasteiger partial charge >= 0.3 is 0 Å². The summed E-state index contributed by atoms with van der Waals surface area (Å²) in [7, 11) is 0. The van der Waals surface area contributed by atoms with Crippen LogP contribution in [0.25, 0.3) is 0 Å². The maximum absolute atomic E-state index is 5.35. The molecule has 0 saturated carbocycles. The molecule has 0 aromatic heterocycles. The summed E-state index contributed by atoms with van der Waals surface area (Å²) in [6, 6.07) is 0. The molecule has 0 aromatic carbocycles. The fourth-order valence-corrected chi connectivity index (χ4v) is 2.08. The van der Waals surface area contributed by atoms with E-state index in [1.807, 2.05) is 12.2 Å². The number of allylic oxidation sites excluding steroid dienone is 3. The second-order valence-electron chi connectivity index (χ2n) is 5.06. The molecule has 0 amide bonds. The largest absolute Gasteiger partial charge is 0.327 e. The Labute approximate surface area is 115 Å². The van der Waals surface area contributed by atoms with Gasteiger partial charge in [-0.3, -0.25) is 0 Å². The van der Waals surface area contributed by atoms with Crippen LogP contribution in [0, 0.1) is 0 Å². The zero-order valence-electron chi connectivity index (χ0n) is 12.4. The van der Waals surface area contributed by atoms with Gasteiger partial charge in [0, 0.05) is 6.54 Å². The lowest BCUT2D eigenvalue weighted by Gasteiger charge is -2.01. The SMILES string of the molecule is CCCCCCCCCCCC/C=C/C=C/CN. The van der Waals surface area contributed by atoms with E-state index in [9.17, 15) is 0 Å². The maximum atomic E-state index is 5.35. The molecule has 0 fully saturated rings. The fraction of sp³-hybridized carbons (Fsp3) is 0.765. The molecule has 0 unspecified atom stereocenters. The normalized spacial score (nSPS) is 11.9. The lowest BCUT2D eigenvalue weighted by molar-refractivity contribution is 0.557. The van der Waals surface area contributed by atoms with E-state index in [1.54, 1.807) is 0 Å². The van der Waals surface area contributed by atoms with Crippen LogP contribution in [0.1, 0.15) is 77.6 Å². The molecule has 0 aromatic rings. The summed E-state index contributed by atoms with van der Waals surface area (Å²) in [4.78, 5) is 0. The Morgan fingerprint density at radius 1 is 0.667 bits per heavy atom. The summed E-state index contributed by atoms with van der Waals surface area (Å²) >= 11 is 0. The number of unbranched alkanes of at least 4 members (excludes halogenated alkanes) is 10. The molecule has 0 aliphatic carbocycles. The molecule has 0 saturated heterocycles. The second kappa shape index (κ2) is 16.4. The van der Waals surface area contributed by atoms with Crippen LogP contribution >= 0.6 is 0 Å². The molecular formula is C17H33N. The average Bonchev–Trinajstić information content (AvgIpc) is 2.39. The van der Waals surface area contributed by atoms with Crippen molar-refractivity contribution in [2.24, 2.45) is 5.73 Å². The molecule has 0 radical (unpaired) electrons. The van der Waals surface area contributed by atoms with Crippen molar-refractivity contribution >= 4 is 0 Å². The lowest BCUT2D eigenvalue weighted by atomic mass is 10.1. The molecule has 1 nitrogen and oxygen atoms in total. The Balaban J connectivity index is 3.03. The predicted octanol–water partition coefficient (Wildman–Crippen LogP) is 5.37. The van der Waals surface area contributed by atoms with E-state index in [2.05, 4.69) is 19.1 Å². The predicted molar refractivity (Wildman–Crippen MR) is 83.8 cm³/mol. The summed E-state index contributed by atoms with van der Waals surface area (Å²) < 4.78 is 0. The molecule has 0 aliphatic heterocycles. The van der Waals surface area contributed by atoms with Gasteiger partial charge in [0.05, 0.1) is 0 Å². The van der Waals surface area contributed by atoms with Gasteiger partial charge in [0.2, 0.25) is 0 Å². The smallest absolute Gasteiger partial charge is 0.0109 e. The summed E-state index contributed by atoms with van der Waals surface area (Å²) in [5, 5.41) is 0. The average molecular weight is 251 g/mol. The maximum Gasteiger partial charge on any atom is 0.0109 e. The van der Waals surface area contributed by atoms with Crippen molar-refractivity contribution < 1.29 is 0 Å². The van der Waals surface area contributed by atoms with Crippen LogP contribution in [-0.2, 0) is 0 Å². The highest BCUT2D eigenvalue weighted by Crippen LogP contribution is 2.11. The Kier molecular flexibility index (Phi) is 15.9. The first-order valence-electron chi connectivity index (χ1n) is 7.93. The van der Waals surface area contributed by atoms with Crippen LogP contribution in [-0.4, -0.2) is 6.54 Å². The highest BCUT2D eigenvalue weighted by atomic mass is 14.5. The van der Waals surface area contributed by atoms with Crippen LogP contribution in [0.3, 0.4) is 0 Å². The van der Waals surface area contributed by atoms with Crippen molar-refractivity contribution in [1.29, 1.82) is 0 Å². The van der Waals surface area contributed by atoms with Gasteiger partial charge in [-0.2, -0.15) is 0 Å². The van der Waals surface area contributed by atoms with Crippen LogP contribution < -0.4 is 5.73 Å². The molecule has 0 rings (SSSR count). The highest BCUT2D eigenvalue weighted by Gasteiger charge is 1.91. The summed E-state index contributed by atoms with van der Waals surface area (Å²) in [5.74, 6) is 0. The molecule has 106 valence electrons. The molecule has 0 heterocycles. The van der Waals surface area contributed by atoms with Gasteiger partial charge in [-0.15, -0.1) is 0 Å². The Hall–Kier alpha value is -0.560. The fourth-order valence-electron chi connectivity index (χ4n) is 2.08. The quantitative estimate of drug-likeness (QED) is 0.346. The first-order valence-corrected chi connectivity index (χ1v) is 7.93. The summed E-state index contributed by atoms with van der Waals surface area (Å²) in [5.41, 5.74) is 5.35. The van der Waals surface area contributed by atoms with Crippen LogP contribution in [0.4, 0.5) is 0 Å². The minimum atomic E-state index is 0.641. The number of nitrogens with two attached hydrogens (primary N) is 1. The Morgan fingerprint density at radius 2 is 1.17 bits per heavy atom. The van der Waals surface area contributed by atoms with Crippen LogP contribution in [0.5, 0.6) is 0 Å². The molecule has 18 heavy (non-hydrogen) atoms. The van der Waals surface area contributed by atoms with E-state index >= 15 is 0 Å². The van der Waals surface area contributed by atoms with Crippen molar-refractivity contribution in [2.45, 2.75) is 77.6 Å². The monoisotopic (exact) mass is 251 g/mol. The van der Waals surface area contributed by atoms with Crippen molar-refractivity contribution in [1.82, 2.24) is 0 Å². The van der Waals surface area contributed by atoms with Crippen molar-refractivity contribution in [2.75, 3.05) is 6.54 Å². The van der Waals surface area contributed by atoms with E-state index in [1.165, 1.54) is 70.6 Å². The summed E-state index contributed by atoms with van der Waals surface area (Å²) in [6.45, 7) is 2.92. The van der Waals surface area contributed by atoms with Gasteiger partial charge in [-0.05, 0) is 12.8 Å². The molecule has 0 atom stereocenters. The molecule has 0 bridgehead atoms. The molecule has 0 aliphatic rings. The third kappa shape index (κ3) is 15.4. The first kappa shape index (κ1) is 17.4. The molecule has 0 spiro atoms. The minimum Gasteiger partial charge on any atom is -0.327 e. The molecule has 2 N–H and O–H groups in total. The van der Waals surface area contributed by atoms with Gasteiger partial charge in [-0.25, -0.2) is 0 Å². The first-order chi connectivity index (χ1) is 8.91. The topological polar surface area (TPSA) is 26.0 Å². The van der Waals surface area contributed by atoms with E-state index in [0.29, 0.717) is 6.54 Å². The van der Waals surface area contributed by atoms with Gasteiger partial charge < -0.3 is 5.73 Å². The molecule has 1 heteroatoms. The Morgan fingerprint density at radius 3 is 1.72 bits per heavy atom. The molecular weight excluding hydrogens is 218 g/mol. The zero-order valence-corrected chi connectivity index (χ0v) is 12.4. The van der Waals surface area contributed by atoms with Gasteiger partial charge in [0.25, 0.3) is 0 Å². The van der Waals surface area contributed by atoms with E-state index < -0.39 is 0 Å². The van der Waals surface area contributed by atoms with Crippen molar-refractivity contribution in [3.05, 3.63) is 24.3 Å². The van der Waals surface area contributed by atoms with Gasteiger partial charge in [0.15, 0.2) is 0 Å². The van der Waals surface area contributed by atoms with Crippen molar-refractivity contribution in [3.8, 4) is 0 Å². The zero-order chi connectivity index (χ0) is 13.3. The second-order valence-corrected chi connectivity index (χ2v) is 5.06.